The smallest absolute Gasteiger partial charge is 0.419 e. The molecule has 2 aromatic rings. The van der Waals surface area contributed by atoms with Gasteiger partial charge in [-0.15, -0.1) is 0 Å². The third-order valence-electron chi connectivity index (χ3n) is 4.69. The fraction of sp³-hybridized carbons (Fsp3) is 0.609. The molecule has 0 aromatic carbocycles. The average Bonchev–Trinajstić information content (AvgIpc) is 3.41. The first kappa shape index (κ1) is 27.6. The van der Waals surface area contributed by atoms with Crippen LogP contribution in [0.5, 0.6) is 0 Å². The molecule has 10 nitrogen and oxygen atoms in total. The van der Waals surface area contributed by atoms with Gasteiger partial charge in [-0.25, -0.2) is 24.1 Å². The van der Waals surface area contributed by atoms with Crippen molar-refractivity contribution in [2.75, 3.05) is 6.61 Å². The number of Topliss-reactive ketones (excluding diaryl/α,β-unsaturated/α-hetero) is 1. The van der Waals surface area contributed by atoms with E-state index in [1.807, 2.05) is 6.92 Å². The molecular formula is C23H33BrN4O6. The van der Waals surface area contributed by atoms with Gasteiger partial charge in [0, 0.05) is 12.6 Å². The van der Waals surface area contributed by atoms with Crippen molar-refractivity contribution in [1.82, 2.24) is 19.9 Å². The molecule has 0 spiro atoms. The van der Waals surface area contributed by atoms with Crippen LogP contribution >= 0.6 is 15.9 Å². The number of carbonyl (C=O) groups excluding carboxylic acids is 3. The minimum absolute atomic E-state index is 0.109. The summed E-state index contributed by atoms with van der Waals surface area (Å²) in [7, 11) is 0. The first-order valence-electron chi connectivity index (χ1n) is 11.4. The maximum Gasteiger partial charge on any atom is 0.419 e. The van der Waals surface area contributed by atoms with Crippen molar-refractivity contribution in [2.24, 2.45) is 0 Å². The number of hydrogen-bond acceptors (Lipinski definition) is 8. The van der Waals surface area contributed by atoms with Crippen molar-refractivity contribution < 1.29 is 28.3 Å². The van der Waals surface area contributed by atoms with Crippen LogP contribution in [-0.2, 0) is 9.47 Å². The summed E-state index contributed by atoms with van der Waals surface area (Å²) in [5.41, 5.74) is -0.677. The van der Waals surface area contributed by atoms with Crippen molar-refractivity contribution in [2.45, 2.75) is 84.3 Å². The van der Waals surface area contributed by atoms with E-state index < -0.39 is 23.8 Å². The Labute approximate surface area is 207 Å². The van der Waals surface area contributed by atoms with E-state index in [1.54, 1.807) is 20.8 Å². The molecule has 0 aliphatic heterocycles. The predicted molar refractivity (Wildman–Crippen MR) is 128 cm³/mol. The number of oxazole rings is 1. The van der Waals surface area contributed by atoms with Crippen LogP contribution in [0.2, 0.25) is 0 Å². The number of nitrogens with one attached hydrogen (secondary N) is 1. The van der Waals surface area contributed by atoms with Gasteiger partial charge in [0.25, 0.3) is 5.89 Å². The van der Waals surface area contributed by atoms with E-state index in [4.69, 9.17) is 13.9 Å². The molecule has 1 unspecified atom stereocenters. The Balaban J connectivity index is 2.05. The number of amides is 1. The van der Waals surface area contributed by atoms with Gasteiger partial charge in [-0.3, -0.25) is 4.79 Å². The fourth-order valence-electron chi connectivity index (χ4n) is 3.12. The lowest BCUT2D eigenvalue weighted by Crippen LogP contribution is -2.36. The molecule has 2 rings (SSSR count). The highest BCUT2D eigenvalue weighted by atomic mass is 79.9. The SMILES string of the molecule is CCCCOC(=O)n1cc(Br)nc1C(CCCCCC(=O)c1ncco1)NC(=O)OC(C)(C)C. The van der Waals surface area contributed by atoms with Crippen molar-refractivity contribution in [1.29, 1.82) is 0 Å². The Morgan fingerprint density at radius 2 is 1.97 bits per heavy atom. The van der Waals surface area contributed by atoms with E-state index >= 15 is 0 Å². The number of hydrogen-bond donors (Lipinski definition) is 1. The Bertz CT molecular complexity index is 936. The first-order chi connectivity index (χ1) is 16.1. The van der Waals surface area contributed by atoms with Gasteiger partial charge in [0.05, 0.1) is 18.8 Å². The van der Waals surface area contributed by atoms with Gasteiger partial charge in [0.15, 0.2) is 0 Å². The average molecular weight is 541 g/mol. The molecule has 34 heavy (non-hydrogen) atoms. The number of ketones is 1. The van der Waals surface area contributed by atoms with Crippen LogP contribution in [0.3, 0.4) is 0 Å². The van der Waals surface area contributed by atoms with Crippen LogP contribution in [0.1, 0.15) is 95.2 Å². The van der Waals surface area contributed by atoms with Crippen LogP contribution in [0.15, 0.2) is 27.7 Å². The summed E-state index contributed by atoms with van der Waals surface area (Å²) in [5.74, 6) is 0.302. The van der Waals surface area contributed by atoms with Gasteiger partial charge in [-0.05, 0) is 56.0 Å². The van der Waals surface area contributed by atoms with Gasteiger partial charge < -0.3 is 19.2 Å². The highest BCUT2D eigenvalue weighted by Crippen LogP contribution is 2.24. The van der Waals surface area contributed by atoms with Crippen LogP contribution < -0.4 is 5.32 Å². The van der Waals surface area contributed by atoms with Gasteiger partial charge in [0.2, 0.25) is 5.78 Å². The number of unbranched alkanes of at least 4 members (excludes halogenated alkanes) is 3. The summed E-state index contributed by atoms with van der Waals surface area (Å²) in [4.78, 5) is 45.4. The summed E-state index contributed by atoms with van der Waals surface area (Å²) in [6, 6.07) is -0.595. The number of aromatic nitrogens is 3. The summed E-state index contributed by atoms with van der Waals surface area (Å²) in [5, 5.41) is 2.82. The van der Waals surface area contributed by atoms with E-state index in [1.165, 1.54) is 23.2 Å². The number of imidazole rings is 1. The minimum Gasteiger partial charge on any atom is -0.449 e. The first-order valence-corrected chi connectivity index (χ1v) is 12.2. The molecule has 0 saturated carbocycles. The molecular weight excluding hydrogens is 508 g/mol. The van der Waals surface area contributed by atoms with Gasteiger partial charge in [-0.2, -0.15) is 0 Å². The molecule has 0 bridgehead atoms. The molecule has 0 aliphatic rings. The Morgan fingerprint density at radius 1 is 1.21 bits per heavy atom. The third kappa shape index (κ3) is 9.28. The Morgan fingerprint density at radius 3 is 2.62 bits per heavy atom. The molecule has 1 amide bonds. The molecule has 0 fully saturated rings. The zero-order chi connectivity index (χ0) is 25.1. The van der Waals surface area contributed by atoms with Crippen LogP contribution in [0, 0.1) is 0 Å². The molecule has 188 valence electrons. The van der Waals surface area contributed by atoms with E-state index in [0.29, 0.717) is 42.7 Å². The number of nitrogens with zero attached hydrogens (tertiary/aromatic N) is 3. The van der Waals surface area contributed by atoms with Crippen molar-refractivity contribution >= 4 is 33.9 Å². The minimum atomic E-state index is -0.677. The second-order valence-corrected chi connectivity index (χ2v) is 9.63. The largest absolute Gasteiger partial charge is 0.449 e. The van der Waals surface area contributed by atoms with Crippen LogP contribution in [0.4, 0.5) is 9.59 Å². The Kier molecular flexibility index (Phi) is 10.7. The molecule has 1 N–H and O–H groups in total. The highest BCUT2D eigenvalue weighted by Gasteiger charge is 2.26. The van der Waals surface area contributed by atoms with Crippen molar-refractivity contribution in [3.05, 3.63) is 35.0 Å². The number of halogens is 1. The number of rotatable bonds is 12. The monoisotopic (exact) mass is 540 g/mol. The van der Waals surface area contributed by atoms with Crippen molar-refractivity contribution in [3.63, 3.8) is 0 Å². The molecule has 11 heteroatoms. The van der Waals surface area contributed by atoms with Gasteiger partial charge in [0.1, 0.15) is 22.3 Å². The van der Waals surface area contributed by atoms with E-state index in [0.717, 1.165) is 19.3 Å². The van der Waals surface area contributed by atoms with E-state index in [-0.39, 0.29) is 11.7 Å². The third-order valence-corrected chi connectivity index (χ3v) is 5.08. The van der Waals surface area contributed by atoms with Crippen molar-refractivity contribution in [3.8, 4) is 0 Å². The molecule has 1 atom stereocenters. The second kappa shape index (κ2) is 13.3. The topological polar surface area (TPSA) is 126 Å². The van der Waals surface area contributed by atoms with Crippen LogP contribution in [0.25, 0.3) is 0 Å². The summed E-state index contributed by atoms with van der Waals surface area (Å²) >= 11 is 3.31. The number of alkyl carbamates (subject to hydrolysis) is 1. The molecule has 0 saturated heterocycles. The lowest BCUT2D eigenvalue weighted by atomic mass is 10.1. The highest BCUT2D eigenvalue weighted by molar-refractivity contribution is 9.10. The predicted octanol–water partition coefficient (Wildman–Crippen LogP) is 5.82. The molecule has 0 aliphatic carbocycles. The summed E-state index contributed by atoms with van der Waals surface area (Å²) in [6.45, 7) is 7.62. The molecule has 0 radical (unpaired) electrons. The summed E-state index contributed by atoms with van der Waals surface area (Å²) in [6.07, 6.45) is 7.64. The van der Waals surface area contributed by atoms with E-state index in [9.17, 15) is 14.4 Å². The van der Waals surface area contributed by atoms with Crippen LogP contribution in [-0.4, -0.2) is 44.7 Å². The zero-order valence-electron chi connectivity index (χ0n) is 20.1. The number of ether oxygens (including phenoxy) is 2. The standard InChI is InChI=1S/C23H33BrN4O6/c1-5-6-13-33-22(31)28-15-18(24)27-19(28)16(26-21(30)34-23(2,3)4)10-8-7-9-11-17(29)20-25-12-14-32-20/h12,14-16H,5-11,13H2,1-4H3,(H,26,30). The Hall–Kier alpha value is -2.69. The molecule has 2 aromatic heterocycles. The molecule has 2 heterocycles. The quantitative estimate of drug-likeness (QED) is 0.263. The van der Waals surface area contributed by atoms with Gasteiger partial charge >= 0.3 is 12.2 Å². The van der Waals surface area contributed by atoms with Gasteiger partial charge in [-0.1, -0.05) is 26.2 Å². The van der Waals surface area contributed by atoms with E-state index in [2.05, 4.69) is 31.2 Å². The summed E-state index contributed by atoms with van der Waals surface area (Å²) < 4.78 is 17.5. The lowest BCUT2D eigenvalue weighted by Gasteiger charge is -2.23. The maximum atomic E-state index is 12.6. The maximum absolute atomic E-state index is 12.6. The second-order valence-electron chi connectivity index (χ2n) is 8.82. The normalized spacial score (nSPS) is 12.3. The number of carbonyl (C=O) groups is 3. The fourth-order valence-corrected chi connectivity index (χ4v) is 3.51. The zero-order valence-corrected chi connectivity index (χ0v) is 21.7. The lowest BCUT2D eigenvalue weighted by molar-refractivity contribution is 0.0495.